The van der Waals surface area contributed by atoms with Crippen LogP contribution in [-0.4, -0.2) is 42.5 Å². The molecule has 1 fully saturated rings. The summed E-state index contributed by atoms with van der Waals surface area (Å²) in [4.78, 5) is 9.96. The fraction of sp³-hybridized carbons (Fsp3) is 1.00. The molecule has 5 nitrogen and oxygen atoms in total. The Morgan fingerprint density at radius 3 is 3.20 bits per heavy atom. The lowest BCUT2D eigenvalue weighted by Gasteiger charge is -2.27. The van der Waals surface area contributed by atoms with E-state index in [0.29, 0.717) is 19.7 Å². The van der Waals surface area contributed by atoms with Crippen LogP contribution in [0.15, 0.2) is 5.29 Å². The van der Waals surface area contributed by atoms with Gasteiger partial charge in [0.15, 0.2) is 0 Å². The summed E-state index contributed by atoms with van der Waals surface area (Å²) in [6.07, 6.45) is -0.244. The summed E-state index contributed by atoms with van der Waals surface area (Å²) in [6.45, 7) is 1.35. The van der Waals surface area contributed by atoms with Gasteiger partial charge in [0.05, 0.1) is 37.7 Å². The van der Waals surface area contributed by atoms with Crippen molar-refractivity contribution in [2.75, 3.05) is 26.3 Å². The van der Waals surface area contributed by atoms with Gasteiger partial charge in [0, 0.05) is 0 Å². The molecule has 0 radical (unpaired) electrons. The number of nitroso groups, excluding NO2 is 1. The van der Waals surface area contributed by atoms with Crippen LogP contribution < -0.4 is 0 Å². The number of hydrogen-bond donors (Lipinski definition) is 1. The summed E-state index contributed by atoms with van der Waals surface area (Å²) in [5, 5.41) is 12.7. The highest BCUT2D eigenvalue weighted by Gasteiger charge is 2.18. The highest BCUT2D eigenvalue weighted by atomic mass is 16.5. The molecule has 0 saturated carbocycles. The van der Waals surface area contributed by atoms with Crippen LogP contribution in [0, 0.1) is 4.91 Å². The van der Waals surface area contributed by atoms with Gasteiger partial charge in [-0.2, -0.15) is 0 Å². The molecule has 10 heavy (non-hydrogen) atoms. The monoisotopic (exact) mass is 146 g/mol. The summed E-state index contributed by atoms with van der Waals surface area (Å²) < 4.78 is 5.07. The lowest BCUT2D eigenvalue weighted by molar-refractivity contribution is -0.0527. The minimum absolute atomic E-state index is 0.0496. The molecule has 0 aromatic heterocycles. The average Bonchev–Trinajstić information content (AvgIpc) is 2.05. The SMILES string of the molecule is O=NN1CCO[C@H](CO)C1. The number of ether oxygens (including phenoxy) is 1. The number of aliphatic hydroxyl groups is 1. The summed E-state index contributed by atoms with van der Waals surface area (Å²) in [6, 6.07) is 0. The molecule has 5 heteroatoms. The quantitative estimate of drug-likeness (QED) is 0.526. The zero-order valence-corrected chi connectivity index (χ0v) is 5.56. The fourth-order valence-electron chi connectivity index (χ4n) is 0.888. The third-order valence-electron chi connectivity index (χ3n) is 1.44. The van der Waals surface area contributed by atoms with Crippen molar-refractivity contribution < 1.29 is 9.84 Å². The predicted molar refractivity (Wildman–Crippen MR) is 34.2 cm³/mol. The first kappa shape index (κ1) is 7.43. The van der Waals surface area contributed by atoms with Crippen LogP contribution in [0.4, 0.5) is 0 Å². The average molecular weight is 146 g/mol. The van der Waals surface area contributed by atoms with E-state index >= 15 is 0 Å². The number of hydrogen-bond acceptors (Lipinski definition) is 4. The van der Waals surface area contributed by atoms with Crippen LogP contribution in [0.2, 0.25) is 0 Å². The van der Waals surface area contributed by atoms with E-state index in [2.05, 4.69) is 5.29 Å². The van der Waals surface area contributed by atoms with E-state index in [-0.39, 0.29) is 12.7 Å². The molecule has 1 atom stereocenters. The molecule has 0 aromatic carbocycles. The van der Waals surface area contributed by atoms with Crippen molar-refractivity contribution in [3.05, 3.63) is 4.91 Å². The Morgan fingerprint density at radius 1 is 1.80 bits per heavy atom. The third kappa shape index (κ3) is 1.65. The first-order chi connectivity index (χ1) is 4.86. The Labute approximate surface area is 58.5 Å². The number of morpholine rings is 1. The third-order valence-corrected chi connectivity index (χ3v) is 1.44. The van der Waals surface area contributed by atoms with Gasteiger partial charge in [-0.15, -0.1) is 4.91 Å². The van der Waals surface area contributed by atoms with Crippen LogP contribution >= 0.6 is 0 Å². The Kier molecular flexibility index (Phi) is 2.58. The van der Waals surface area contributed by atoms with Gasteiger partial charge < -0.3 is 9.84 Å². The smallest absolute Gasteiger partial charge is 0.0998 e. The van der Waals surface area contributed by atoms with E-state index in [4.69, 9.17) is 9.84 Å². The summed E-state index contributed by atoms with van der Waals surface area (Å²) in [5.41, 5.74) is 0. The van der Waals surface area contributed by atoms with Crippen molar-refractivity contribution >= 4 is 0 Å². The maximum Gasteiger partial charge on any atom is 0.0998 e. The van der Waals surface area contributed by atoms with Gasteiger partial charge in [-0.25, -0.2) is 0 Å². The van der Waals surface area contributed by atoms with E-state index in [1.807, 2.05) is 0 Å². The minimum atomic E-state index is -0.244. The van der Waals surface area contributed by atoms with E-state index < -0.39 is 0 Å². The normalized spacial score (nSPS) is 26.5. The first-order valence-corrected chi connectivity index (χ1v) is 3.17. The number of aliphatic hydroxyl groups excluding tert-OH is 1. The second kappa shape index (κ2) is 3.48. The molecule has 1 N–H and O–H groups in total. The molecule has 1 rings (SSSR count). The molecule has 1 heterocycles. The van der Waals surface area contributed by atoms with E-state index in [1.54, 1.807) is 0 Å². The Morgan fingerprint density at radius 2 is 2.60 bits per heavy atom. The second-order valence-electron chi connectivity index (χ2n) is 2.17. The summed E-state index contributed by atoms with van der Waals surface area (Å²) in [5.74, 6) is 0. The van der Waals surface area contributed by atoms with Crippen LogP contribution in [0.1, 0.15) is 0 Å². The molecule has 58 valence electrons. The van der Waals surface area contributed by atoms with E-state index in [9.17, 15) is 4.91 Å². The summed E-state index contributed by atoms with van der Waals surface area (Å²) >= 11 is 0. The van der Waals surface area contributed by atoms with Crippen molar-refractivity contribution in [2.45, 2.75) is 6.10 Å². The topological polar surface area (TPSA) is 62.1 Å². The Balaban J connectivity index is 2.31. The molecule has 0 aromatic rings. The Hall–Kier alpha value is -0.680. The van der Waals surface area contributed by atoms with Crippen LogP contribution in [-0.2, 0) is 4.74 Å². The van der Waals surface area contributed by atoms with Gasteiger partial charge in [0.1, 0.15) is 0 Å². The standard InChI is InChI=1S/C5H10N2O3/c8-4-5-3-7(6-9)1-2-10-5/h5,8H,1-4H2/t5-/m0/s1. The molecule has 0 spiro atoms. The number of nitrogens with zero attached hydrogens (tertiary/aromatic N) is 2. The van der Waals surface area contributed by atoms with Crippen molar-refractivity contribution in [3.63, 3.8) is 0 Å². The van der Waals surface area contributed by atoms with Crippen molar-refractivity contribution in [2.24, 2.45) is 5.29 Å². The van der Waals surface area contributed by atoms with Crippen molar-refractivity contribution in [3.8, 4) is 0 Å². The molecule has 0 amide bonds. The highest BCUT2D eigenvalue weighted by molar-refractivity contribution is 4.66. The number of rotatable bonds is 2. The zero-order valence-electron chi connectivity index (χ0n) is 5.56. The molecule has 1 saturated heterocycles. The van der Waals surface area contributed by atoms with E-state index in [1.165, 1.54) is 5.01 Å². The molecule has 1 aliphatic heterocycles. The minimum Gasteiger partial charge on any atom is -0.394 e. The van der Waals surface area contributed by atoms with Crippen molar-refractivity contribution in [1.82, 2.24) is 5.01 Å². The Bertz CT molecular complexity index is 119. The van der Waals surface area contributed by atoms with Gasteiger partial charge >= 0.3 is 0 Å². The molecule has 0 unspecified atom stereocenters. The van der Waals surface area contributed by atoms with Crippen LogP contribution in [0.5, 0.6) is 0 Å². The lowest BCUT2D eigenvalue weighted by atomic mass is 10.3. The predicted octanol–water partition coefficient (Wildman–Crippen LogP) is -0.639. The first-order valence-electron chi connectivity index (χ1n) is 3.17. The van der Waals surface area contributed by atoms with Gasteiger partial charge in [0.25, 0.3) is 0 Å². The van der Waals surface area contributed by atoms with Crippen LogP contribution in [0.3, 0.4) is 0 Å². The molecular weight excluding hydrogens is 136 g/mol. The summed E-state index contributed by atoms with van der Waals surface area (Å²) in [7, 11) is 0. The highest BCUT2D eigenvalue weighted by Crippen LogP contribution is 2.03. The molecule has 1 aliphatic rings. The van der Waals surface area contributed by atoms with Gasteiger partial charge in [-0.05, 0) is 0 Å². The molecule has 0 aliphatic carbocycles. The van der Waals surface area contributed by atoms with Gasteiger partial charge in [-0.1, -0.05) is 0 Å². The van der Waals surface area contributed by atoms with Gasteiger partial charge in [-0.3, -0.25) is 5.01 Å². The lowest BCUT2D eigenvalue weighted by Crippen LogP contribution is -2.40. The van der Waals surface area contributed by atoms with Crippen molar-refractivity contribution in [1.29, 1.82) is 0 Å². The maximum atomic E-state index is 9.96. The fourth-order valence-corrected chi connectivity index (χ4v) is 0.888. The zero-order chi connectivity index (χ0) is 7.40. The molecular formula is C5H10N2O3. The molecule has 0 bridgehead atoms. The van der Waals surface area contributed by atoms with Gasteiger partial charge in [0.2, 0.25) is 0 Å². The maximum absolute atomic E-state index is 9.96. The van der Waals surface area contributed by atoms with E-state index in [0.717, 1.165) is 0 Å². The second-order valence-corrected chi connectivity index (χ2v) is 2.17. The van der Waals surface area contributed by atoms with Crippen LogP contribution in [0.25, 0.3) is 0 Å². The largest absolute Gasteiger partial charge is 0.394 e.